The molecule has 0 heterocycles. The molecule has 3 nitrogen and oxygen atoms in total. The zero-order valence-corrected chi connectivity index (χ0v) is 7.78. The Bertz CT molecular complexity index is 361. The summed E-state index contributed by atoms with van der Waals surface area (Å²) in [6.45, 7) is 1.88. The third-order valence-electron chi connectivity index (χ3n) is 1.58. The minimum absolute atomic E-state index is 0.506. The van der Waals surface area contributed by atoms with E-state index in [1.807, 2.05) is 13.0 Å². The van der Waals surface area contributed by atoms with E-state index in [0.29, 0.717) is 5.02 Å². The van der Waals surface area contributed by atoms with Gasteiger partial charge in [-0.15, -0.1) is 0 Å². The lowest BCUT2D eigenvalue weighted by molar-refractivity contribution is -0.400. The molecule has 1 aromatic rings. The van der Waals surface area contributed by atoms with Crippen LogP contribution in [-0.2, 0) is 0 Å². The van der Waals surface area contributed by atoms with Crippen molar-refractivity contribution in [2.45, 2.75) is 6.92 Å². The Morgan fingerprint density at radius 1 is 1.54 bits per heavy atom. The van der Waals surface area contributed by atoms with Gasteiger partial charge in [-0.3, -0.25) is 10.1 Å². The standard InChI is InChI=1S/C9H8ClNO2/c1-7-2-3-8(6-9(7)10)4-5-11(12)13/h2-6H,1H3/b5-4+. The molecule has 0 unspecified atom stereocenters. The van der Waals surface area contributed by atoms with Crippen LogP contribution in [0.2, 0.25) is 5.02 Å². The Labute approximate surface area is 80.8 Å². The molecule has 0 saturated heterocycles. The van der Waals surface area contributed by atoms with Crippen molar-refractivity contribution in [3.05, 3.63) is 50.7 Å². The molecular weight excluding hydrogens is 190 g/mol. The summed E-state index contributed by atoms with van der Waals surface area (Å²) in [5, 5.41) is 10.6. The Morgan fingerprint density at radius 2 is 2.23 bits per heavy atom. The van der Waals surface area contributed by atoms with Gasteiger partial charge in [0.1, 0.15) is 0 Å². The largest absolute Gasteiger partial charge is 0.259 e. The summed E-state index contributed by atoms with van der Waals surface area (Å²) >= 11 is 5.83. The molecule has 0 fully saturated rings. The summed E-state index contributed by atoms with van der Waals surface area (Å²) in [4.78, 5) is 9.50. The number of nitrogens with zero attached hydrogens (tertiary/aromatic N) is 1. The molecule has 0 amide bonds. The molecular formula is C9H8ClNO2. The fourth-order valence-corrected chi connectivity index (χ4v) is 1.05. The molecule has 1 rings (SSSR count). The second-order valence-electron chi connectivity index (χ2n) is 2.61. The first-order chi connectivity index (χ1) is 6.09. The van der Waals surface area contributed by atoms with E-state index in [-0.39, 0.29) is 0 Å². The van der Waals surface area contributed by atoms with Crippen molar-refractivity contribution in [1.82, 2.24) is 0 Å². The van der Waals surface area contributed by atoms with Crippen LogP contribution < -0.4 is 0 Å². The van der Waals surface area contributed by atoms with E-state index < -0.39 is 4.92 Å². The molecule has 1 aromatic carbocycles. The fourth-order valence-electron chi connectivity index (χ4n) is 0.860. The SMILES string of the molecule is Cc1ccc(/C=C/[N+](=O)[O-])cc1Cl. The maximum absolute atomic E-state index is 10.0. The molecule has 0 saturated carbocycles. The second-order valence-corrected chi connectivity index (χ2v) is 3.02. The highest BCUT2D eigenvalue weighted by Crippen LogP contribution is 2.17. The lowest BCUT2D eigenvalue weighted by atomic mass is 10.1. The van der Waals surface area contributed by atoms with Crippen LogP contribution in [0.5, 0.6) is 0 Å². The molecule has 0 aliphatic carbocycles. The van der Waals surface area contributed by atoms with Crippen LogP contribution in [0.1, 0.15) is 11.1 Å². The topological polar surface area (TPSA) is 43.1 Å². The summed E-state index contributed by atoms with van der Waals surface area (Å²) in [5.74, 6) is 0. The van der Waals surface area contributed by atoms with Crippen LogP contribution in [0.4, 0.5) is 0 Å². The number of hydrogen-bond donors (Lipinski definition) is 0. The van der Waals surface area contributed by atoms with E-state index in [1.165, 1.54) is 6.08 Å². The van der Waals surface area contributed by atoms with Gasteiger partial charge in [-0.2, -0.15) is 0 Å². The van der Waals surface area contributed by atoms with Gasteiger partial charge in [0.15, 0.2) is 0 Å². The fraction of sp³-hybridized carbons (Fsp3) is 0.111. The van der Waals surface area contributed by atoms with Gasteiger partial charge in [-0.1, -0.05) is 23.7 Å². The smallest absolute Gasteiger partial charge is 0.235 e. The van der Waals surface area contributed by atoms with Gasteiger partial charge < -0.3 is 0 Å². The first-order valence-electron chi connectivity index (χ1n) is 3.67. The van der Waals surface area contributed by atoms with Crippen LogP contribution in [0.3, 0.4) is 0 Å². The zero-order chi connectivity index (χ0) is 9.84. The van der Waals surface area contributed by atoms with Gasteiger partial charge in [0.25, 0.3) is 0 Å². The van der Waals surface area contributed by atoms with Gasteiger partial charge >= 0.3 is 0 Å². The van der Waals surface area contributed by atoms with Crippen molar-refractivity contribution in [1.29, 1.82) is 0 Å². The highest BCUT2D eigenvalue weighted by atomic mass is 35.5. The first-order valence-corrected chi connectivity index (χ1v) is 4.05. The van der Waals surface area contributed by atoms with E-state index >= 15 is 0 Å². The Balaban J connectivity index is 2.92. The normalized spacial score (nSPS) is 10.6. The molecule has 4 heteroatoms. The van der Waals surface area contributed by atoms with Crippen molar-refractivity contribution in [3.8, 4) is 0 Å². The molecule has 68 valence electrons. The van der Waals surface area contributed by atoms with E-state index in [1.54, 1.807) is 12.1 Å². The molecule has 0 N–H and O–H groups in total. The average Bonchev–Trinajstić information content (AvgIpc) is 2.07. The number of hydrogen-bond acceptors (Lipinski definition) is 2. The molecule has 0 aliphatic heterocycles. The lowest BCUT2D eigenvalue weighted by Crippen LogP contribution is -1.83. The van der Waals surface area contributed by atoms with Crippen molar-refractivity contribution >= 4 is 17.7 Å². The van der Waals surface area contributed by atoms with Crippen LogP contribution in [0.25, 0.3) is 6.08 Å². The van der Waals surface area contributed by atoms with E-state index in [4.69, 9.17) is 11.6 Å². The highest BCUT2D eigenvalue weighted by Gasteiger charge is 1.95. The van der Waals surface area contributed by atoms with Crippen molar-refractivity contribution < 1.29 is 4.92 Å². The summed E-state index contributed by atoms with van der Waals surface area (Å²) in [5.41, 5.74) is 1.69. The molecule has 0 spiro atoms. The van der Waals surface area contributed by atoms with Crippen molar-refractivity contribution in [2.24, 2.45) is 0 Å². The average molecular weight is 198 g/mol. The summed E-state index contributed by atoms with van der Waals surface area (Å²) < 4.78 is 0. The number of rotatable bonds is 2. The second kappa shape index (κ2) is 4.05. The molecule has 0 aliphatic rings. The van der Waals surface area contributed by atoms with Crippen LogP contribution in [0, 0.1) is 17.0 Å². The van der Waals surface area contributed by atoms with E-state index in [0.717, 1.165) is 17.3 Å². The van der Waals surface area contributed by atoms with Crippen LogP contribution >= 0.6 is 11.6 Å². The van der Waals surface area contributed by atoms with Gasteiger partial charge in [-0.05, 0) is 24.1 Å². The molecule has 0 bridgehead atoms. The van der Waals surface area contributed by atoms with Crippen LogP contribution in [-0.4, -0.2) is 4.92 Å². The number of benzene rings is 1. The van der Waals surface area contributed by atoms with Gasteiger partial charge in [0.2, 0.25) is 6.20 Å². The summed E-state index contributed by atoms with van der Waals surface area (Å²) in [7, 11) is 0. The first kappa shape index (κ1) is 9.74. The van der Waals surface area contributed by atoms with E-state index in [9.17, 15) is 10.1 Å². The number of nitro groups is 1. The van der Waals surface area contributed by atoms with Gasteiger partial charge in [0.05, 0.1) is 4.92 Å². The zero-order valence-electron chi connectivity index (χ0n) is 7.03. The highest BCUT2D eigenvalue weighted by molar-refractivity contribution is 6.31. The predicted octanol–water partition coefficient (Wildman–Crippen LogP) is 2.90. The summed E-state index contributed by atoms with van der Waals surface area (Å²) in [6.07, 6.45) is 2.30. The van der Waals surface area contributed by atoms with Crippen LogP contribution in [0.15, 0.2) is 24.4 Å². The van der Waals surface area contributed by atoms with Gasteiger partial charge in [-0.25, -0.2) is 0 Å². The Morgan fingerprint density at radius 3 is 2.77 bits per heavy atom. The van der Waals surface area contributed by atoms with Crippen molar-refractivity contribution in [3.63, 3.8) is 0 Å². The minimum atomic E-state index is -0.506. The minimum Gasteiger partial charge on any atom is -0.259 e. The molecule has 0 radical (unpaired) electrons. The Kier molecular flexibility index (Phi) is 3.03. The monoisotopic (exact) mass is 197 g/mol. The van der Waals surface area contributed by atoms with Crippen molar-refractivity contribution in [2.75, 3.05) is 0 Å². The number of aryl methyl sites for hydroxylation is 1. The summed E-state index contributed by atoms with van der Waals surface area (Å²) in [6, 6.07) is 5.29. The molecule has 0 atom stereocenters. The third kappa shape index (κ3) is 2.87. The molecule has 13 heavy (non-hydrogen) atoms. The predicted molar refractivity (Wildman–Crippen MR) is 52.2 cm³/mol. The Hall–Kier alpha value is -1.35. The quantitative estimate of drug-likeness (QED) is 0.541. The lowest BCUT2D eigenvalue weighted by Gasteiger charge is -1.97. The van der Waals surface area contributed by atoms with E-state index in [2.05, 4.69) is 0 Å². The third-order valence-corrected chi connectivity index (χ3v) is 1.99. The number of halogens is 1. The van der Waals surface area contributed by atoms with Gasteiger partial charge in [0, 0.05) is 11.1 Å². The molecule has 0 aromatic heterocycles. The maximum atomic E-state index is 10.0. The maximum Gasteiger partial charge on any atom is 0.235 e.